The number of halogens is 1. The molecule has 0 aromatic heterocycles. The van der Waals surface area contributed by atoms with E-state index < -0.39 is 0 Å². The van der Waals surface area contributed by atoms with Crippen molar-refractivity contribution in [3.63, 3.8) is 0 Å². The van der Waals surface area contributed by atoms with Gasteiger partial charge in [0.05, 0.1) is 6.61 Å². The zero-order chi connectivity index (χ0) is 15.8. The zero-order valence-electron chi connectivity index (χ0n) is 13.7. The van der Waals surface area contributed by atoms with E-state index in [1.807, 2.05) is 19.9 Å². The number of anilines is 1. The highest BCUT2D eigenvalue weighted by Crippen LogP contribution is 2.27. The molecule has 21 heavy (non-hydrogen) atoms. The smallest absolute Gasteiger partial charge is 0.129 e. The quantitative estimate of drug-likeness (QED) is 0.734. The summed E-state index contributed by atoms with van der Waals surface area (Å²) >= 11 is 0. The Hall–Kier alpha value is -1.13. The maximum absolute atomic E-state index is 14.2. The average Bonchev–Trinajstić information content (AvgIpc) is 2.46. The summed E-state index contributed by atoms with van der Waals surface area (Å²) in [5.41, 5.74) is 1.58. The van der Waals surface area contributed by atoms with Crippen LogP contribution in [0.15, 0.2) is 18.2 Å². The largest absolute Gasteiger partial charge is 0.395 e. The van der Waals surface area contributed by atoms with Crippen LogP contribution >= 0.6 is 0 Å². The molecule has 0 saturated carbocycles. The van der Waals surface area contributed by atoms with Gasteiger partial charge in [-0.05, 0) is 25.0 Å². The minimum Gasteiger partial charge on any atom is -0.395 e. The maximum atomic E-state index is 14.2. The Bertz CT molecular complexity index is 419. The molecule has 0 heterocycles. The molecule has 0 radical (unpaired) electrons. The number of rotatable bonds is 9. The molecule has 4 heteroatoms. The van der Waals surface area contributed by atoms with E-state index in [1.54, 1.807) is 6.07 Å². The molecule has 0 spiro atoms. The van der Waals surface area contributed by atoms with Crippen LogP contribution in [-0.2, 0) is 6.54 Å². The SMILES string of the molecule is CCC(CC)N(CCO)c1cccc(F)c1CNC(C)C. The number of benzene rings is 1. The summed E-state index contributed by atoms with van der Waals surface area (Å²) in [6.45, 7) is 9.46. The van der Waals surface area contributed by atoms with E-state index in [-0.39, 0.29) is 12.4 Å². The summed E-state index contributed by atoms with van der Waals surface area (Å²) in [5, 5.41) is 12.7. The predicted molar refractivity (Wildman–Crippen MR) is 87.2 cm³/mol. The number of nitrogens with zero attached hydrogens (tertiary/aromatic N) is 1. The van der Waals surface area contributed by atoms with Gasteiger partial charge in [0, 0.05) is 36.4 Å². The van der Waals surface area contributed by atoms with Crippen molar-refractivity contribution in [2.75, 3.05) is 18.1 Å². The van der Waals surface area contributed by atoms with Gasteiger partial charge in [-0.2, -0.15) is 0 Å². The molecule has 0 saturated heterocycles. The topological polar surface area (TPSA) is 35.5 Å². The second-order valence-electron chi connectivity index (χ2n) is 5.66. The second kappa shape index (κ2) is 9.00. The first-order chi connectivity index (χ1) is 10.0. The van der Waals surface area contributed by atoms with Gasteiger partial charge in [-0.15, -0.1) is 0 Å². The van der Waals surface area contributed by atoms with Gasteiger partial charge < -0.3 is 15.3 Å². The molecule has 2 N–H and O–H groups in total. The fraction of sp³-hybridized carbons (Fsp3) is 0.647. The van der Waals surface area contributed by atoms with Gasteiger partial charge in [0.1, 0.15) is 5.82 Å². The van der Waals surface area contributed by atoms with Gasteiger partial charge in [0.25, 0.3) is 0 Å². The van der Waals surface area contributed by atoms with Crippen molar-refractivity contribution in [3.05, 3.63) is 29.6 Å². The number of aliphatic hydroxyl groups is 1. The van der Waals surface area contributed by atoms with Crippen molar-refractivity contribution in [1.29, 1.82) is 0 Å². The molecule has 0 amide bonds. The van der Waals surface area contributed by atoms with Crippen molar-refractivity contribution >= 4 is 5.69 Å². The third-order valence-electron chi connectivity index (χ3n) is 3.81. The first kappa shape index (κ1) is 17.9. The van der Waals surface area contributed by atoms with E-state index in [0.717, 1.165) is 18.5 Å². The molecule has 120 valence electrons. The fourth-order valence-electron chi connectivity index (χ4n) is 2.63. The van der Waals surface area contributed by atoms with Gasteiger partial charge >= 0.3 is 0 Å². The van der Waals surface area contributed by atoms with Crippen LogP contribution in [0, 0.1) is 5.82 Å². The summed E-state index contributed by atoms with van der Waals surface area (Å²) < 4.78 is 14.2. The first-order valence-corrected chi connectivity index (χ1v) is 7.93. The third kappa shape index (κ3) is 4.97. The van der Waals surface area contributed by atoms with Crippen LogP contribution < -0.4 is 10.2 Å². The van der Waals surface area contributed by atoms with Crippen LogP contribution in [0.25, 0.3) is 0 Å². The Morgan fingerprint density at radius 3 is 2.43 bits per heavy atom. The van der Waals surface area contributed by atoms with Crippen molar-refractivity contribution in [2.24, 2.45) is 0 Å². The molecule has 0 aliphatic heterocycles. The van der Waals surface area contributed by atoms with Crippen LogP contribution in [0.5, 0.6) is 0 Å². The van der Waals surface area contributed by atoms with Crippen LogP contribution in [-0.4, -0.2) is 30.3 Å². The maximum Gasteiger partial charge on any atom is 0.129 e. The molecule has 0 unspecified atom stereocenters. The molecule has 0 aliphatic carbocycles. The van der Waals surface area contributed by atoms with Gasteiger partial charge in [0.15, 0.2) is 0 Å². The Kier molecular flexibility index (Phi) is 7.68. The van der Waals surface area contributed by atoms with Gasteiger partial charge in [0.2, 0.25) is 0 Å². The van der Waals surface area contributed by atoms with Crippen molar-refractivity contribution in [1.82, 2.24) is 5.32 Å². The lowest BCUT2D eigenvalue weighted by atomic mass is 10.1. The molecule has 0 bridgehead atoms. The summed E-state index contributed by atoms with van der Waals surface area (Å²) in [7, 11) is 0. The lowest BCUT2D eigenvalue weighted by Crippen LogP contribution is -2.38. The summed E-state index contributed by atoms with van der Waals surface area (Å²) in [6, 6.07) is 5.82. The molecule has 1 aromatic carbocycles. The van der Waals surface area contributed by atoms with E-state index in [0.29, 0.717) is 30.7 Å². The van der Waals surface area contributed by atoms with E-state index in [9.17, 15) is 9.50 Å². The van der Waals surface area contributed by atoms with E-state index in [1.165, 1.54) is 6.07 Å². The highest BCUT2D eigenvalue weighted by Gasteiger charge is 2.20. The van der Waals surface area contributed by atoms with Gasteiger partial charge in [-0.25, -0.2) is 4.39 Å². The minimum absolute atomic E-state index is 0.0735. The van der Waals surface area contributed by atoms with Crippen LogP contribution in [0.1, 0.15) is 46.1 Å². The molecule has 0 fully saturated rings. The molecule has 0 aliphatic rings. The molecular weight excluding hydrogens is 267 g/mol. The lowest BCUT2D eigenvalue weighted by Gasteiger charge is -2.34. The van der Waals surface area contributed by atoms with Gasteiger partial charge in [-0.1, -0.05) is 33.8 Å². The Morgan fingerprint density at radius 1 is 1.24 bits per heavy atom. The molecule has 1 aromatic rings. The van der Waals surface area contributed by atoms with Crippen LogP contribution in [0.4, 0.5) is 10.1 Å². The summed E-state index contributed by atoms with van der Waals surface area (Å²) in [6.07, 6.45) is 1.95. The third-order valence-corrected chi connectivity index (χ3v) is 3.81. The zero-order valence-corrected chi connectivity index (χ0v) is 13.7. The molecule has 1 rings (SSSR count). The average molecular weight is 296 g/mol. The van der Waals surface area contributed by atoms with E-state index >= 15 is 0 Å². The minimum atomic E-state index is -0.186. The lowest BCUT2D eigenvalue weighted by molar-refractivity contribution is 0.295. The van der Waals surface area contributed by atoms with E-state index in [2.05, 4.69) is 24.1 Å². The van der Waals surface area contributed by atoms with Crippen molar-refractivity contribution < 1.29 is 9.50 Å². The van der Waals surface area contributed by atoms with Crippen LogP contribution in [0.2, 0.25) is 0 Å². The number of nitrogens with one attached hydrogen (secondary N) is 1. The van der Waals surface area contributed by atoms with Crippen LogP contribution in [0.3, 0.4) is 0 Å². The number of hydrogen-bond donors (Lipinski definition) is 2. The van der Waals surface area contributed by atoms with E-state index in [4.69, 9.17) is 0 Å². The Balaban J connectivity index is 3.14. The van der Waals surface area contributed by atoms with Gasteiger partial charge in [-0.3, -0.25) is 0 Å². The normalized spacial score (nSPS) is 11.4. The number of hydrogen-bond acceptors (Lipinski definition) is 3. The fourth-order valence-corrected chi connectivity index (χ4v) is 2.63. The first-order valence-electron chi connectivity index (χ1n) is 7.93. The summed E-state index contributed by atoms with van der Waals surface area (Å²) in [4.78, 5) is 2.14. The highest BCUT2D eigenvalue weighted by atomic mass is 19.1. The monoisotopic (exact) mass is 296 g/mol. The Morgan fingerprint density at radius 2 is 1.90 bits per heavy atom. The van der Waals surface area contributed by atoms with Crippen molar-refractivity contribution in [3.8, 4) is 0 Å². The molecular formula is C17H29FN2O. The number of aliphatic hydroxyl groups excluding tert-OH is 1. The second-order valence-corrected chi connectivity index (χ2v) is 5.66. The Labute approximate surface area is 128 Å². The standard InChI is InChI=1S/C17H29FN2O/c1-5-14(6-2)20(10-11-21)17-9-7-8-16(18)15(17)12-19-13(3)4/h7-9,13-14,19,21H,5-6,10-12H2,1-4H3. The predicted octanol–water partition coefficient (Wildman–Crippen LogP) is 3.31. The molecule has 3 nitrogen and oxygen atoms in total. The van der Waals surface area contributed by atoms with Crippen molar-refractivity contribution in [2.45, 2.75) is 59.2 Å². The molecule has 0 atom stereocenters. The summed E-state index contributed by atoms with van der Waals surface area (Å²) in [5.74, 6) is -0.186. The highest BCUT2D eigenvalue weighted by molar-refractivity contribution is 5.55.